The Kier molecular flexibility index (Phi) is 4.62. The molecule has 2 aromatic carbocycles. The zero-order chi connectivity index (χ0) is 17.3. The van der Waals surface area contributed by atoms with Gasteiger partial charge in [0.15, 0.2) is 11.6 Å². The van der Waals surface area contributed by atoms with Crippen LogP contribution in [0.1, 0.15) is 46.5 Å². The van der Waals surface area contributed by atoms with Gasteiger partial charge >= 0.3 is 0 Å². The topological polar surface area (TPSA) is 49.3 Å². The van der Waals surface area contributed by atoms with Crippen molar-refractivity contribution in [2.45, 2.75) is 38.3 Å². The molecule has 2 N–H and O–H groups in total. The summed E-state index contributed by atoms with van der Waals surface area (Å²) in [5.41, 5.74) is 3.23. The van der Waals surface area contributed by atoms with E-state index in [1.54, 1.807) is 13.0 Å². The molecule has 0 saturated heterocycles. The van der Waals surface area contributed by atoms with Crippen LogP contribution in [0.15, 0.2) is 36.4 Å². The molecule has 0 heterocycles. The molecule has 0 saturated carbocycles. The zero-order valence-corrected chi connectivity index (χ0v) is 13.4. The lowest BCUT2D eigenvalue weighted by molar-refractivity contribution is 0.0851. The second kappa shape index (κ2) is 6.69. The quantitative estimate of drug-likeness (QED) is 0.903. The molecule has 0 radical (unpaired) electrons. The molecule has 0 spiro atoms. The van der Waals surface area contributed by atoms with E-state index in [1.165, 1.54) is 17.2 Å². The van der Waals surface area contributed by atoms with Crippen LogP contribution in [0.25, 0.3) is 0 Å². The second-order valence-corrected chi connectivity index (χ2v) is 6.22. The zero-order valence-electron chi connectivity index (χ0n) is 13.4. The average molecular weight is 331 g/mol. The lowest BCUT2D eigenvalue weighted by Gasteiger charge is -2.21. The van der Waals surface area contributed by atoms with E-state index in [0.717, 1.165) is 31.4 Å². The minimum absolute atomic E-state index is 0.218. The molecular formula is C19H19F2NO2. The van der Waals surface area contributed by atoms with Gasteiger partial charge in [0.25, 0.3) is 5.91 Å². The van der Waals surface area contributed by atoms with Crippen molar-refractivity contribution in [3.05, 3.63) is 70.3 Å². The second-order valence-electron chi connectivity index (χ2n) is 6.22. The molecule has 2 atom stereocenters. The molecule has 2 aromatic rings. The molecule has 1 amide bonds. The minimum atomic E-state index is -1.13. The van der Waals surface area contributed by atoms with Crippen LogP contribution in [0.3, 0.4) is 0 Å². The maximum atomic E-state index is 13.3. The lowest BCUT2D eigenvalue weighted by atomic mass is 10.0. The molecule has 5 heteroatoms. The number of aliphatic hydroxyl groups excluding tert-OH is 1. The Hall–Kier alpha value is -2.27. The Balaban J connectivity index is 1.70. The number of amides is 1. The monoisotopic (exact) mass is 331 g/mol. The van der Waals surface area contributed by atoms with Crippen LogP contribution >= 0.6 is 0 Å². The molecule has 1 aliphatic rings. The van der Waals surface area contributed by atoms with Crippen LogP contribution in [0.5, 0.6) is 0 Å². The highest BCUT2D eigenvalue weighted by Gasteiger charge is 2.21. The van der Waals surface area contributed by atoms with Crippen molar-refractivity contribution in [1.82, 2.24) is 5.32 Å². The molecule has 0 bridgehead atoms. The summed E-state index contributed by atoms with van der Waals surface area (Å²) in [6, 6.07) is 8.19. The molecule has 0 aromatic heterocycles. The Labute approximate surface area is 139 Å². The van der Waals surface area contributed by atoms with Crippen molar-refractivity contribution in [2.75, 3.05) is 0 Å². The summed E-state index contributed by atoms with van der Waals surface area (Å²) < 4.78 is 26.3. The number of carbonyl (C=O) groups excluding carboxylic acids is 1. The van der Waals surface area contributed by atoms with Gasteiger partial charge in [-0.15, -0.1) is 0 Å². The normalized spacial score (nSPS) is 15.7. The summed E-state index contributed by atoms with van der Waals surface area (Å²) >= 11 is 0. The van der Waals surface area contributed by atoms with Crippen LogP contribution in [-0.4, -0.2) is 17.1 Å². The first-order chi connectivity index (χ1) is 11.5. The standard InChI is InChI=1S/C19H19F2NO2/c1-11(18(23)14-7-8-16(20)17(21)10-14)22-19(24)15-6-5-12-3-2-4-13(12)9-15/h5-11,18,23H,2-4H2,1H3,(H,22,24). The SMILES string of the molecule is CC(NC(=O)c1ccc2c(c1)CCC2)C(O)c1ccc(F)c(F)c1. The fourth-order valence-corrected chi connectivity index (χ4v) is 3.07. The average Bonchev–Trinajstić information content (AvgIpc) is 3.04. The fourth-order valence-electron chi connectivity index (χ4n) is 3.07. The summed E-state index contributed by atoms with van der Waals surface area (Å²) in [4.78, 5) is 12.4. The summed E-state index contributed by atoms with van der Waals surface area (Å²) in [5.74, 6) is -2.29. The molecule has 24 heavy (non-hydrogen) atoms. The lowest BCUT2D eigenvalue weighted by Crippen LogP contribution is -2.37. The molecule has 0 fully saturated rings. The van der Waals surface area contributed by atoms with E-state index in [-0.39, 0.29) is 11.5 Å². The highest BCUT2D eigenvalue weighted by Crippen LogP contribution is 2.23. The van der Waals surface area contributed by atoms with Gasteiger partial charge in [-0.1, -0.05) is 12.1 Å². The van der Waals surface area contributed by atoms with Crippen molar-refractivity contribution >= 4 is 5.91 Å². The molecule has 126 valence electrons. The van der Waals surface area contributed by atoms with E-state index in [2.05, 4.69) is 5.32 Å². The molecule has 1 aliphatic carbocycles. The smallest absolute Gasteiger partial charge is 0.251 e. The molecule has 3 rings (SSSR count). The fraction of sp³-hybridized carbons (Fsp3) is 0.316. The van der Waals surface area contributed by atoms with E-state index in [9.17, 15) is 18.7 Å². The summed E-state index contributed by atoms with van der Waals surface area (Å²) in [7, 11) is 0. The van der Waals surface area contributed by atoms with E-state index < -0.39 is 23.8 Å². The third-order valence-electron chi connectivity index (χ3n) is 4.48. The van der Waals surface area contributed by atoms with Crippen LogP contribution in [0.4, 0.5) is 8.78 Å². The minimum Gasteiger partial charge on any atom is -0.386 e. The number of hydrogen-bond acceptors (Lipinski definition) is 2. The van der Waals surface area contributed by atoms with Gasteiger partial charge in [-0.3, -0.25) is 4.79 Å². The Morgan fingerprint density at radius 3 is 2.58 bits per heavy atom. The van der Waals surface area contributed by atoms with Gasteiger partial charge in [0, 0.05) is 5.56 Å². The van der Waals surface area contributed by atoms with E-state index in [4.69, 9.17) is 0 Å². The molecule has 3 nitrogen and oxygen atoms in total. The summed E-state index contributed by atoms with van der Waals surface area (Å²) in [6.45, 7) is 1.62. The predicted molar refractivity (Wildman–Crippen MR) is 86.7 cm³/mol. The van der Waals surface area contributed by atoms with Crippen molar-refractivity contribution < 1.29 is 18.7 Å². The number of hydrogen-bond donors (Lipinski definition) is 2. The summed E-state index contributed by atoms with van der Waals surface area (Å²) in [5, 5.41) is 13.0. The predicted octanol–water partition coefficient (Wildman–Crippen LogP) is 3.31. The van der Waals surface area contributed by atoms with Crippen molar-refractivity contribution in [3.63, 3.8) is 0 Å². The van der Waals surface area contributed by atoms with Crippen LogP contribution < -0.4 is 5.32 Å². The Morgan fingerprint density at radius 2 is 1.83 bits per heavy atom. The van der Waals surface area contributed by atoms with E-state index in [0.29, 0.717) is 5.56 Å². The van der Waals surface area contributed by atoms with E-state index in [1.807, 2.05) is 12.1 Å². The van der Waals surface area contributed by atoms with Gasteiger partial charge in [-0.2, -0.15) is 0 Å². The van der Waals surface area contributed by atoms with Crippen molar-refractivity contribution in [2.24, 2.45) is 0 Å². The van der Waals surface area contributed by atoms with Crippen LogP contribution in [0.2, 0.25) is 0 Å². The number of nitrogens with one attached hydrogen (secondary N) is 1. The summed E-state index contributed by atoms with van der Waals surface area (Å²) in [6.07, 6.45) is 2.00. The van der Waals surface area contributed by atoms with E-state index >= 15 is 0 Å². The van der Waals surface area contributed by atoms with Gasteiger partial charge in [0.05, 0.1) is 12.1 Å². The first-order valence-corrected chi connectivity index (χ1v) is 8.01. The van der Waals surface area contributed by atoms with Gasteiger partial charge in [-0.25, -0.2) is 8.78 Å². The first-order valence-electron chi connectivity index (χ1n) is 8.01. The maximum absolute atomic E-state index is 13.3. The van der Waals surface area contributed by atoms with Crippen LogP contribution in [0, 0.1) is 11.6 Å². The highest BCUT2D eigenvalue weighted by molar-refractivity contribution is 5.94. The first kappa shape index (κ1) is 16.6. The Bertz CT molecular complexity index is 776. The van der Waals surface area contributed by atoms with Crippen molar-refractivity contribution in [1.29, 1.82) is 0 Å². The number of carbonyl (C=O) groups is 1. The van der Waals surface area contributed by atoms with Gasteiger partial charge in [-0.05, 0) is 67.1 Å². The highest BCUT2D eigenvalue weighted by atomic mass is 19.2. The number of benzene rings is 2. The number of rotatable bonds is 4. The van der Waals surface area contributed by atoms with Gasteiger partial charge in [0.2, 0.25) is 0 Å². The van der Waals surface area contributed by atoms with Crippen LogP contribution in [-0.2, 0) is 12.8 Å². The third kappa shape index (κ3) is 3.31. The maximum Gasteiger partial charge on any atom is 0.251 e. The van der Waals surface area contributed by atoms with Gasteiger partial charge in [0.1, 0.15) is 0 Å². The largest absolute Gasteiger partial charge is 0.386 e. The third-order valence-corrected chi connectivity index (χ3v) is 4.48. The number of aryl methyl sites for hydroxylation is 2. The number of fused-ring (bicyclic) bond motifs is 1. The number of aliphatic hydroxyl groups is 1. The molecular weight excluding hydrogens is 312 g/mol. The number of halogens is 2. The van der Waals surface area contributed by atoms with Gasteiger partial charge < -0.3 is 10.4 Å². The molecule has 0 aliphatic heterocycles. The Morgan fingerprint density at radius 1 is 1.08 bits per heavy atom. The molecule has 2 unspecified atom stereocenters. The van der Waals surface area contributed by atoms with Crippen molar-refractivity contribution in [3.8, 4) is 0 Å².